The van der Waals surface area contributed by atoms with Gasteiger partial charge in [-0.15, -0.1) is 0 Å². The van der Waals surface area contributed by atoms with Gasteiger partial charge >= 0.3 is 6.09 Å². The highest BCUT2D eigenvalue weighted by molar-refractivity contribution is 6.42. The molecule has 3 heterocycles. The number of pyridine rings is 1. The Hall–Kier alpha value is -4.28. The Morgan fingerprint density at radius 1 is 0.889 bits per heavy atom. The fourth-order valence-corrected chi connectivity index (χ4v) is 5.47. The van der Waals surface area contributed by atoms with Crippen molar-refractivity contribution in [3.8, 4) is 11.6 Å². The molecule has 0 aliphatic carbocycles. The summed E-state index contributed by atoms with van der Waals surface area (Å²) >= 11 is 12.1. The van der Waals surface area contributed by atoms with Gasteiger partial charge in [-0.2, -0.15) is 0 Å². The number of hydrogen-bond acceptors (Lipinski definition) is 6. The summed E-state index contributed by atoms with van der Waals surface area (Å²) in [5.41, 5.74) is 2.47. The molecule has 236 valence electrons. The van der Waals surface area contributed by atoms with E-state index >= 15 is 0 Å². The Balaban J connectivity index is 1.26. The molecule has 12 heteroatoms. The van der Waals surface area contributed by atoms with Crippen molar-refractivity contribution in [1.82, 2.24) is 19.4 Å². The summed E-state index contributed by atoms with van der Waals surface area (Å²) in [7, 11) is 3.52. The number of amides is 3. The van der Waals surface area contributed by atoms with Gasteiger partial charge in [0.15, 0.2) is 0 Å². The van der Waals surface area contributed by atoms with E-state index in [0.717, 1.165) is 10.9 Å². The first-order valence-electron chi connectivity index (χ1n) is 14.5. The Morgan fingerprint density at radius 3 is 2.22 bits per heavy atom. The summed E-state index contributed by atoms with van der Waals surface area (Å²) in [5, 5.41) is 1.52. The van der Waals surface area contributed by atoms with Crippen LogP contribution in [0.3, 0.4) is 0 Å². The summed E-state index contributed by atoms with van der Waals surface area (Å²) in [4.78, 5) is 48.4. The molecule has 0 N–H and O–H groups in total. The maximum atomic E-state index is 13.5. The second-order valence-electron chi connectivity index (χ2n) is 11.9. The molecule has 4 aromatic rings. The molecular formula is C33H35Cl2N5O5. The molecule has 45 heavy (non-hydrogen) atoms. The molecule has 1 saturated heterocycles. The molecule has 0 spiro atoms. The number of rotatable bonds is 5. The summed E-state index contributed by atoms with van der Waals surface area (Å²) in [6.07, 6.45) is -0.366. The van der Waals surface area contributed by atoms with Crippen LogP contribution >= 0.6 is 23.2 Å². The van der Waals surface area contributed by atoms with Crippen molar-refractivity contribution < 1.29 is 23.9 Å². The predicted molar refractivity (Wildman–Crippen MR) is 175 cm³/mol. The highest BCUT2D eigenvalue weighted by Gasteiger charge is 2.29. The fraction of sp³-hybridized carbons (Fsp3) is 0.333. The van der Waals surface area contributed by atoms with Crippen LogP contribution in [0.2, 0.25) is 10.0 Å². The normalized spacial score (nSPS) is 13.6. The van der Waals surface area contributed by atoms with Crippen LogP contribution < -0.4 is 9.64 Å². The zero-order chi connectivity index (χ0) is 32.6. The van der Waals surface area contributed by atoms with E-state index in [2.05, 4.69) is 4.98 Å². The number of fused-ring (bicyclic) bond motifs is 1. The number of ether oxygens (including phenoxy) is 2. The third kappa shape index (κ3) is 7.02. The minimum absolute atomic E-state index is 0.104. The maximum absolute atomic E-state index is 13.5. The van der Waals surface area contributed by atoms with Gasteiger partial charge in [-0.3, -0.25) is 9.59 Å². The minimum Gasteiger partial charge on any atom is -0.444 e. The molecule has 0 atom stereocenters. The van der Waals surface area contributed by atoms with Crippen LogP contribution in [0.5, 0.6) is 11.6 Å². The molecule has 1 aliphatic rings. The summed E-state index contributed by atoms with van der Waals surface area (Å²) in [6, 6.07) is 15.6. The number of aromatic nitrogens is 2. The molecule has 1 fully saturated rings. The lowest BCUT2D eigenvalue weighted by Gasteiger charge is -2.35. The molecular weight excluding hydrogens is 617 g/mol. The highest BCUT2D eigenvalue weighted by Crippen LogP contribution is 2.30. The van der Waals surface area contributed by atoms with Crippen molar-refractivity contribution in [1.29, 1.82) is 0 Å². The zero-order valence-corrected chi connectivity index (χ0v) is 27.6. The lowest BCUT2D eigenvalue weighted by Crippen LogP contribution is -2.51. The second kappa shape index (κ2) is 12.6. The Labute approximate surface area is 272 Å². The Kier molecular flexibility index (Phi) is 9.00. The van der Waals surface area contributed by atoms with Crippen molar-refractivity contribution in [2.45, 2.75) is 33.3 Å². The molecule has 0 bridgehead atoms. The number of halogens is 2. The first-order valence-corrected chi connectivity index (χ1v) is 15.2. The summed E-state index contributed by atoms with van der Waals surface area (Å²) in [6.45, 7) is 8.96. The quantitative estimate of drug-likeness (QED) is 0.232. The summed E-state index contributed by atoms with van der Waals surface area (Å²) < 4.78 is 13.4. The Bertz CT molecular complexity index is 1790. The van der Waals surface area contributed by atoms with Gasteiger partial charge in [0.2, 0.25) is 5.88 Å². The van der Waals surface area contributed by atoms with Gasteiger partial charge in [-0.25, -0.2) is 9.78 Å². The monoisotopic (exact) mass is 651 g/mol. The second-order valence-corrected chi connectivity index (χ2v) is 12.7. The number of nitrogens with zero attached hydrogens (tertiary/aromatic N) is 5. The lowest BCUT2D eigenvalue weighted by molar-refractivity contribution is 0.0139. The van der Waals surface area contributed by atoms with Crippen LogP contribution in [0.1, 0.15) is 47.3 Å². The Morgan fingerprint density at radius 2 is 1.58 bits per heavy atom. The van der Waals surface area contributed by atoms with Crippen LogP contribution in [0.15, 0.2) is 54.6 Å². The van der Waals surface area contributed by atoms with Crippen molar-refractivity contribution in [2.24, 2.45) is 7.05 Å². The third-order valence-electron chi connectivity index (χ3n) is 7.54. The van der Waals surface area contributed by atoms with Gasteiger partial charge in [0.05, 0.1) is 21.4 Å². The van der Waals surface area contributed by atoms with E-state index in [1.54, 1.807) is 48.0 Å². The zero-order valence-electron chi connectivity index (χ0n) is 26.1. The number of carbonyl (C=O) groups is 3. The fourth-order valence-electron chi connectivity index (χ4n) is 5.17. The molecule has 0 saturated carbocycles. The van der Waals surface area contributed by atoms with Crippen LogP contribution in [0, 0.1) is 6.92 Å². The van der Waals surface area contributed by atoms with Crippen molar-refractivity contribution in [3.63, 3.8) is 0 Å². The van der Waals surface area contributed by atoms with Crippen LogP contribution in [-0.4, -0.2) is 76.1 Å². The number of anilines is 1. The third-order valence-corrected chi connectivity index (χ3v) is 8.28. The molecule has 10 nitrogen and oxygen atoms in total. The molecule has 5 rings (SSSR count). The topological polar surface area (TPSA) is 97.2 Å². The molecule has 0 unspecified atom stereocenters. The minimum atomic E-state index is -0.570. The SMILES string of the molecule is Cc1nc(Oc2ccc3c(c2)cc(C(=O)N2CCN(C(=O)OC(C)(C)C)CC2)n3C)ccc1N(C)C(=O)c1ccc(Cl)c(Cl)c1. The average molecular weight is 653 g/mol. The number of piperazine rings is 1. The van der Waals surface area contributed by atoms with Gasteiger partial charge in [-0.1, -0.05) is 23.2 Å². The van der Waals surface area contributed by atoms with Crippen molar-refractivity contribution >= 4 is 57.7 Å². The van der Waals surface area contributed by atoms with Gasteiger partial charge < -0.3 is 28.7 Å². The van der Waals surface area contributed by atoms with Gasteiger partial charge in [0, 0.05) is 62.8 Å². The maximum Gasteiger partial charge on any atom is 0.410 e. The van der Waals surface area contributed by atoms with Crippen molar-refractivity contribution in [2.75, 3.05) is 38.1 Å². The number of hydrogen-bond donors (Lipinski definition) is 0. The van der Waals surface area contributed by atoms with E-state index in [1.807, 2.05) is 56.7 Å². The van der Waals surface area contributed by atoms with Crippen LogP contribution in [-0.2, 0) is 11.8 Å². The van der Waals surface area contributed by atoms with Crippen molar-refractivity contribution in [3.05, 3.63) is 81.6 Å². The standard InChI is InChI=1S/C33H35Cl2N5O5/c1-20-26(38(6)30(41)21-7-9-24(34)25(35)18-21)11-12-29(36-20)44-23-8-10-27-22(17-23)19-28(37(27)5)31(42)39-13-15-40(16-14-39)32(43)45-33(2,3)4/h7-12,17-19H,13-16H2,1-6H3. The lowest BCUT2D eigenvalue weighted by atomic mass is 10.2. The van der Waals surface area contributed by atoms with Gasteiger partial charge in [-0.05, 0) is 76.2 Å². The van der Waals surface area contributed by atoms with E-state index in [-0.39, 0.29) is 17.9 Å². The van der Waals surface area contributed by atoms with Crippen LogP contribution in [0.25, 0.3) is 10.9 Å². The number of benzene rings is 2. The smallest absolute Gasteiger partial charge is 0.410 e. The number of carbonyl (C=O) groups excluding carboxylic acids is 3. The summed E-state index contributed by atoms with van der Waals surface area (Å²) in [5.74, 6) is 0.559. The first kappa shape index (κ1) is 32.1. The molecule has 2 aromatic carbocycles. The van der Waals surface area contributed by atoms with E-state index in [0.29, 0.717) is 70.5 Å². The van der Waals surface area contributed by atoms with Crippen LogP contribution in [0.4, 0.5) is 10.5 Å². The molecule has 3 amide bonds. The number of aryl methyl sites for hydroxylation is 2. The van der Waals surface area contributed by atoms with Gasteiger partial charge in [0.25, 0.3) is 11.8 Å². The first-order chi connectivity index (χ1) is 21.2. The van der Waals surface area contributed by atoms with Gasteiger partial charge in [0.1, 0.15) is 17.0 Å². The molecule has 1 aliphatic heterocycles. The predicted octanol–water partition coefficient (Wildman–Crippen LogP) is 6.95. The highest BCUT2D eigenvalue weighted by atomic mass is 35.5. The van der Waals surface area contributed by atoms with E-state index in [9.17, 15) is 14.4 Å². The largest absolute Gasteiger partial charge is 0.444 e. The average Bonchev–Trinajstić information content (AvgIpc) is 3.32. The van der Waals surface area contributed by atoms with E-state index in [4.69, 9.17) is 32.7 Å². The van der Waals surface area contributed by atoms with E-state index in [1.165, 1.54) is 11.0 Å². The molecule has 0 radical (unpaired) electrons. The van der Waals surface area contributed by atoms with E-state index < -0.39 is 5.60 Å². The molecule has 2 aromatic heterocycles.